The number of fused-ring (bicyclic) bond motifs is 1. The molecule has 2 aliphatic rings. The molecule has 0 aromatic heterocycles. The number of aryl methyl sites for hydroxylation is 1. The fourth-order valence-electron chi connectivity index (χ4n) is 3.07. The van der Waals surface area contributed by atoms with Crippen LogP contribution in [0.3, 0.4) is 0 Å². The molecule has 0 aliphatic carbocycles. The van der Waals surface area contributed by atoms with Crippen LogP contribution in [-0.2, 0) is 5.41 Å². The zero-order valence-corrected chi connectivity index (χ0v) is 14.6. The summed E-state index contributed by atoms with van der Waals surface area (Å²) in [5, 5.41) is 14.2. The van der Waals surface area contributed by atoms with E-state index in [0.717, 1.165) is 16.8 Å². The van der Waals surface area contributed by atoms with Crippen molar-refractivity contribution in [2.45, 2.75) is 51.5 Å². The van der Waals surface area contributed by atoms with Crippen LogP contribution in [0.2, 0.25) is 0 Å². The van der Waals surface area contributed by atoms with E-state index in [2.05, 4.69) is 51.1 Å². The number of hydrogen-bond acceptors (Lipinski definition) is 6. The van der Waals surface area contributed by atoms with E-state index in [0.29, 0.717) is 11.7 Å². The third-order valence-corrected chi connectivity index (χ3v) is 5.05. The summed E-state index contributed by atoms with van der Waals surface area (Å²) in [6.07, 6.45) is -6.74. The number of azo groups is 2. The summed E-state index contributed by atoms with van der Waals surface area (Å²) in [4.78, 5) is 5.53. The molecular formula is C16H19F3N6. The summed E-state index contributed by atoms with van der Waals surface area (Å²) >= 11 is 0. The van der Waals surface area contributed by atoms with Crippen LogP contribution in [-0.4, -0.2) is 31.4 Å². The molecule has 1 aromatic carbocycles. The van der Waals surface area contributed by atoms with E-state index in [1.165, 1.54) is 0 Å². The van der Waals surface area contributed by atoms with Crippen LogP contribution in [0.5, 0.6) is 0 Å². The summed E-state index contributed by atoms with van der Waals surface area (Å²) in [5.41, 5.74) is 3.65. The first-order valence-electron chi connectivity index (χ1n) is 7.87. The standard InChI is InChI=1S/C16H19F3N6/c1-8-6-12-10(15(3,4)9(2)25(12)5)7-11(8)21-23-14-20-13(22-24-14)16(17,18)19/h6-7,9,13H,1-5H3. The lowest BCUT2D eigenvalue weighted by Crippen LogP contribution is -2.36. The Morgan fingerprint density at radius 2 is 1.88 bits per heavy atom. The number of rotatable bonds is 1. The largest absolute Gasteiger partial charge is 0.433 e. The highest BCUT2D eigenvalue weighted by molar-refractivity contribution is 5.82. The van der Waals surface area contributed by atoms with E-state index >= 15 is 0 Å². The van der Waals surface area contributed by atoms with Gasteiger partial charge in [-0.05, 0) is 37.1 Å². The number of likely N-dealkylation sites (N-methyl/N-ethyl adjacent to an activating group) is 1. The predicted molar refractivity (Wildman–Crippen MR) is 88.7 cm³/mol. The van der Waals surface area contributed by atoms with Crippen molar-refractivity contribution >= 4 is 17.3 Å². The van der Waals surface area contributed by atoms with Crippen molar-refractivity contribution in [1.82, 2.24) is 0 Å². The van der Waals surface area contributed by atoms with Crippen LogP contribution in [0.25, 0.3) is 0 Å². The summed E-state index contributed by atoms with van der Waals surface area (Å²) in [7, 11) is 2.05. The molecule has 0 saturated carbocycles. The number of halogens is 3. The Kier molecular flexibility index (Phi) is 3.92. The molecular weight excluding hydrogens is 333 g/mol. The monoisotopic (exact) mass is 352 g/mol. The average Bonchev–Trinajstić information content (AvgIpc) is 3.05. The second kappa shape index (κ2) is 5.60. The first-order valence-corrected chi connectivity index (χ1v) is 7.87. The molecule has 3 rings (SSSR count). The van der Waals surface area contributed by atoms with Crippen LogP contribution in [0.15, 0.2) is 37.6 Å². The molecule has 0 fully saturated rings. The second-order valence-electron chi connectivity index (χ2n) is 6.92. The van der Waals surface area contributed by atoms with E-state index < -0.39 is 12.3 Å². The van der Waals surface area contributed by atoms with Crippen molar-refractivity contribution in [2.24, 2.45) is 25.4 Å². The van der Waals surface area contributed by atoms with Gasteiger partial charge >= 0.3 is 6.18 Å². The van der Waals surface area contributed by atoms with Gasteiger partial charge in [0, 0.05) is 24.2 Å². The molecule has 0 amide bonds. The molecule has 1 aromatic rings. The van der Waals surface area contributed by atoms with Crippen molar-refractivity contribution in [3.8, 4) is 0 Å². The number of alkyl halides is 3. The van der Waals surface area contributed by atoms with Gasteiger partial charge in [-0.2, -0.15) is 13.2 Å². The van der Waals surface area contributed by atoms with Gasteiger partial charge in [0.25, 0.3) is 12.1 Å². The third-order valence-electron chi connectivity index (χ3n) is 5.05. The van der Waals surface area contributed by atoms with Crippen molar-refractivity contribution in [2.75, 3.05) is 11.9 Å². The van der Waals surface area contributed by atoms with Crippen LogP contribution in [0, 0.1) is 6.92 Å². The van der Waals surface area contributed by atoms with Gasteiger partial charge in [-0.25, -0.2) is 4.99 Å². The van der Waals surface area contributed by atoms with Gasteiger partial charge < -0.3 is 4.90 Å². The molecule has 2 aliphatic heterocycles. The van der Waals surface area contributed by atoms with Gasteiger partial charge in [-0.15, -0.1) is 20.5 Å². The molecule has 0 radical (unpaired) electrons. The molecule has 25 heavy (non-hydrogen) atoms. The predicted octanol–water partition coefficient (Wildman–Crippen LogP) is 4.90. The summed E-state index contributed by atoms with van der Waals surface area (Å²) in [6, 6.07) is 4.27. The first kappa shape index (κ1) is 17.5. The fourth-order valence-corrected chi connectivity index (χ4v) is 3.07. The van der Waals surface area contributed by atoms with E-state index in [1.54, 1.807) is 0 Å². The lowest BCUT2D eigenvalue weighted by atomic mass is 9.81. The van der Waals surface area contributed by atoms with Crippen molar-refractivity contribution < 1.29 is 13.2 Å². The maximum absolute atomic E-state index is 12.5. The molecule has 0 N–H and O–H groups in total. The highest BCUT2D eigenvalue weighted by Gasteiger charge is 2.43. The minimum Gasteiger partial charge on any atom is -0.371 e. The molecule has 6 nitrogen and oxygen atoms in total. The van der Waals surface area contributed by atoms with Crippen LogP contribution in [0.1, 0.15) is 31.9 Å². The van der Waals surface area contributed by atoms with Crippen molar-refractivity contribution in [1.29, 1.82) is 0 Å². The lowest BCUT2D eigenvalue weighted by Gasteiger charge is -2.28. The Morgan fingerprint density at radius 1 is 1.20 bits per heavy atom. The summed E-state index contributed by atoms with van der Waals surface area (Å²) in [5.74, 6) is -0.369. The van der Waals surface area contributed by atoms with E-state index in [4.69, 9.17) is 0 Å². The Hall–Kier alpha value is -2.32. The maximum Gasteiger partial charge on any atom is 0.433 e. The van der Waals surface area contributed by atoms with E-state index in [-0.39, 0.29) is 11.4 Å². The second-order valence-corrected chi connectivity index (χ2v) is 6.92. The normalized spacial score (nSPS) is 25.0. The quantitative estimate of drug-likeness (QED) is 0.663. The topological polar surface area (TPSA) is 65.0 Å². The molecule has 9 heteroatoms. The Labute approximate surface area is 143 Å². The van der Waals surface area contributed by atoms with Crippen molar-refractivity contribution in [3.63, 3.8) is 0 Å². The van der Waals surface area contributed by atoms with Gasteiger partial charge in [0.05, 0.1) is 5.69 Å². The highest BCUT2D eigenvalue weighted by atomic mass is 19.4. The minimum atomic E-state index is -4.56. The molecule has 134 valence electrons. The molecule has 2 heterocycles. The van der Waals surface area contributed by atoms with E-state index in [1.807, 2.05) is 26.1 Å². The molecule has 2 atom stereocenters. The van der Waals surface area contributed by atoms with Crippen LogP contribution < -0.4 is 4.90 Å². The van der Waals surface area contributed by atoms with Gasteiger partial charge in [-0.3, -0.25) is 0 Å². The smallest absolute Gasteiger partial charge is 0.371 e. The number of guanidine groups is 1. The fraction of sp³-hybridized carbons (Fsp3) is 0.562. The summed E-state index contributed by atoms with van der Waals surface area (Å²) < 4.78 is 37.6. The number of hydrogen-bond donors (Lipinski definition) is 0. The Bertz CT molecular complexity index is 794. The zero-order chi connectivity index (χ0) is 18.6. The van der Waals surface area contributed by atoms with Gasteiger partial charge in [-0.1, -0.05) is 13.8 Å². The molecule has 0 bridgehead atoms. The molecule has 2 unspecified atom stereocenters. The first-order chi connectivity index (χ1) is 11.5. The third kappa shape index (κ3) is 2.91. The van der Waals surface area contributed by atoms with E-state index in [9.17, 15) is 13.2 Å². The minimum absolute atomic E-state index is 0.0754. The Balaban J connectivity index is 1.91. The number of benzene rings is 1. The molecule has 0 saturated heterocycles. The lowest BCUT2D eigenvalue weighted by molar-refractivity contribution is -0.144. The Morgan fingerprint density at radius 3 is 2.48 bits per heavy atom. The average molecular weight is 352 g/mol. The molecule has 0 spiro atoms. The number of aliphatic imine (C=N–C) groups is 1. The summed E-state index contributed by atoms with van der Waals surface area (Å²) in [6.45, 7) is 8.34. The number of nitrogens with zero attached hydrogens (tertiary/aromatic N) is 6. The SMILES string of the molecule is Cc1cc2c(cc1N=NC1=NC(C(F)(F)F)N=N1)C(C)(C)C(C)N2C. The van der Waals surface area contributed by atoms with Gasteiger partial charge in [0.2, 0.25) is 0 Å². The van der Waals surface area contributed by atoms with Crippen LogP contribution in [0.4, 0.5) is 24.5 Å². The number of anilines is 1. The van der Waals surface area contributed by atoms with Crippen LogP contribution >= 0.6 is 0 Å². The zero-order valence-electron chi connectivity index (χ0n) is 14.6. The van der Waals surface area contributed by atoms with Gasteiger partial charge in [0.1, 0.15) is 0 Å². The van der Waals surface area contributed by atoms with Crippen molar-refractivity contribution in [3.05, 3.63) is 23.3 Å². The highest BCUT2D eigenvalue weighted by Crippen LogP contribution is 2.46. The maximum atomic E-state index is 12.5. The van der Waals surface area contributed by atoms with Gasteiger partial charge in [0.15, 0.2) is 0 Å².